The third-order valence-corrected chi connectivity index (χ3v) is 12.6. The number of para-hydroxylation sites is 4. The highest BCUT2D eigenvalue weighted by Crippen LogP contribution is 2.50. The van der Waals surface area contributed by atoms with Gasteiger partial charge in [0.1, 0.15) is 11.7 Å². The summed E-state index contributed by atoms with van der Waals surface area (Å²) in [6.45, 7) is 4.67. The number of rotatable bonds is 5. The van der Waals surface area contributed by atoms with E-state index in [2.05, 4.69) is 216 Å². The quantitative estimate of drug-likeness (QED) is 0.187. The smallest absolute Gasteiger partial charge is 0.170 e. The molecule has 3 heterocycles. The summed E-state index contributed by atoms with van der Waals surface area (Å²) in [5, 5.41) is 8.55. The molecular formula is C54H39N5. The maximum atomic E-state index is 5.64. The highest BCUT2D eigenvalue weighted by Gasteiger charge is 2.38. The van der Waals surface area contributed by atoms with Crippen LogP contribution in [-0.2, 0) is 5.41 Å². The first-order valence-corrected chi connectivity index (χ1v) is 20.4. The Morgan fingerprint density at radius 3 is 1.59 bits per heavy atom. The lowest BCUT2D eigenvalue weighted by Gasteiger charge is -2.25. The normalized spacial score (nSPS) is 15.6. The highest BCUT2D eigenvalue weighted by atomic mass is 15.2. The van der Waals surface area contributed by atoms with Gasteiger partial charge in [-0.1, -0.05) is 153 Å². The molecule has 1 aliphatic carbocycles. The number of hydrogen-bond acceptors (Lipinski definition) is 3. The molecule has 280 valence electrons. The first-order valence-electron chi connectivity index (χ1n) is 20.4. The van der Waals surface area contributed by atoms with E-state index in [1.807, 2.05) is 0 Å². The van der Waals surface area contributed by atoms with Gasteiger partial charge in [0, 0.05) is 55.0 Å². The van der Waals surface area contributed by atoms with E-state index in [0.29, 0.717) is 0 Å². The lowest BCUT2D eigenvalue weighted by atomic mass is 9.82. The second-order valence-electron chi connectivity index (χ2n) is 16.2. The van der Waals surface area contributed by atoms with E-state index in [9.17, 15) is 0 Å². The number of amidine groups is 2. The zero-order chi connectivity index (χ0) is 39.2. The summed E-state index contributed by atoms with van der Waals surface area (Å²) in [6.07, 6.45) is -0.529. The van der Waals surface area contributed by atoms with E-state index in [0.717, 1.165) is 72.6 Å². The van der Waals surface area contributed by atoms with Crippen LogP contribution in [0, 0.1) is 0 Å². The van der Waals surface area contributed by atoms with Crippen molar-refractivity contribution in [2.45, 2.75) is 25.4 Å². The van der Waals surface area contributed by atoms with E-state index in [1.165, 1.54) is 33.0 Å². The number of aliphatic imine (C=N–C) groups is 2. The molecule has 12 rings (SSSR count). The lowest BCUT2D eigenvalue weighted by molar-refractivity contribution is 0.660. The maximum Gasteiger partial charge on any atom is 0.170 e. The van der Waals surface area contributed by atoms with Crippen molar-refractivity contribution >= 4 is 55.3 Å². The molecule has 10 aromatic rings. The van der Waals surface area contributed by atoms with Crippen molar-refractivity contribution < 1.29 is 0 Å². The molecule has 59 heavy (non-hydrogen) atoms. The fourth-order valence-electron chi connectivity index (χ4n) is 10.0. The third-order valence-electron chi connectivity index (χ3n) is 12.6. The summed E-state index contributed by atoms with van der Waals surface area (Å²) in [5.74, 6) is 1.62. The van der Waals surface area contributed by atoms with Crippen LogP contribution in [0.3, 0.4) is 0 Å². The van der Waals surface area contributed by atoms with Crippen molar-refractivity contribution in [1.82, 2.24) is 14.5 Å². The van der Waals surface area contributed by atoms with Gasteiger partial charge < -0.3 is 14.5 Å². The maximum absolute atomic E-state index is 5.64. The largest absolute Gasteiger partial charge is 0.324 e. The zero-order valence-corrected chi connectivity index (χ0v) is 32.8. The van der Waals surface area contributed by atoms with Gasteiger partial charge >= 0.3 is 0 Å². The van der Waals surface area contributed by atoms with Crippen molar-refractivity contribution in [3.63, 3.8) is 0 Å². The SMILES string of the molecule is CC1(C)c2ccccc2-c2c(C3=NC(c4cccc5c4c4ccccc4n5-c4ccccc4)N=C(c4cccc5c4c4ccccc4n5-c4ccccc4)N3)cccc21. The van der Waals surface area contributed by atoms with Crippen LogP contribution in [0.2, 0.25) is 0 Å². The molecule has 0 amide bonds. The van der Waals surface area contributed by atoms with Crippen LogP contribution >= 0.6 is 0 Å². The average Bonchev–Trinajstić information content (AvgIpc) is 3.90. The molecule has 5 heteroatoms. The summed E-state index contributed by atoms with van der Waals surface area (Å²) in [4.78, 5) is 11.3. The highest BCUT2D eigenvalue weighted by molar-refractivity contribution is 6.25. The Bertz CT molecular complexity index is 3380. The predicted octanol–water partition coefficient (Wildman–Crippen LogP) is 12.7. The van der Waals surface area contributed by atoms with Gasteiger partial charge in [-0.15, -0.1) is 0 Å². The molecule has 1 unspecified atom stereocenters. The number of nitrogens with one attached hydrogen (secondary N) is 1. The van der Waals surface area contributed by atoms with Gasteiger partial charge in [-0.3, -0.25) is 0 Å². The lowest BCUT2D eigenvalue weighted by Crippen LogP contribution is -2.36. The Kier molecular flexibility index (Phi) is 7.27. The van der Waals surface area contributed by atoms with Crippen molar-refractivity contribution in [3.8, 4) is 22.5 Å². The molecule has 2 aliphatic rings. The van der Waals surface area contributed by atoms with Crippen molar-refractivity contribution in [1.29, 1.82) is 0 Å². The fraction of sp³-hybridized carbons (Fsp3) is 0.0741. The molecule has 0 radical (unpaired) electrons. The molecule has 5 nitrogen and oxygen atoms in total. The predicted molar refractivity (Wildman–Crippen MR) is 245 cm³/mol. The topological polar surface area (TPSA) is 46.6 Å². The number of nitrogens with zero attached hydrogens (tertiary/aromatic N) is 4. The monoisotopic (exact) mass is 757 g/mol. The van der Waals surface area contributed by atoms with Crippen molar-refractivity contribution in [2.24, 2.45) is 9.98 Å². The molecule has 1 atom stereocenters. The van der Waals surface area contributed by atoms with Crippen LogP contribution in [0.5, 0.6) is 0 Å². The van der Waals surface area contributed by atoms with Gasteiger partial charge in [-0.2, -0.15) is 0 Å². The summed E-state index contributed by atoms with van der Waals surface area (Å²) < 4.78 is 4.74. The Morgan fingerprint density at radius 1 is 0.424 bits per heavy atom. The summed E-state index contributed by atoms with van der Waals surface area (Å²) in [6, 6.07) is 67.5. The van der Waals surface area contributed by atoms with E-state index in [-0.39, 0.29) is 5.41 Å². The molecular weight excluding hydrogens is 719 g/mol. The van der Waals surface area contributed by atoms with Crippen LogP contribution in [-0.4, -0.2) is 20.8 Å². The van der Waals surface area contributed by atoms with Gasteiger partial charge in [0.25, 0.3) is 0 Å². The van der Waals surface area contributed by atoms with Gasteiger partial charge in [0.05, 0.1) is 22.1 Å². The Hall–Kier alpha value is -7.50. The molecule has 0 saturated carbocycles. The van der Waals surface area contributed by atoms with Crippen molar-refractivity contribution in [3.05, 3.63) is 216 Å². The number of aromatic nitrogens is 2. The second kappa shape index (κ2) is 12.8. The van der Waals surface area contributed by atoms with E-state index < -0.39 is 6.17 Å². The Morgan fingerprint density at radius 2 is 0.898 bits per heavy atom. The zero-order valence-electron chi connectivity index (χ0n) is 32.8. The van der Waals surface area contributed by atoms with Crippen LogP contribution in [0.25, 0.3) is 66.1 Å². The van der Waals surface area contributed by atoms with Gasteiger partial charge in [-0.25, -0.2) is 9.98 Å². The molecule has 0 fully saturated rings. The van der Waals surface area contributed by atoms with Crippen LogP contribution in [0.4, 0.5) is 0 Å². The molecule has 2 aromatic heterocycles. The fourth-order valence-corrected chi connectivity index (χ4v) is 10.0. The van der Waals surface area contributed by atoms with E-state index in [4.69, 9.17) is 9.98 Å². The van der Waals surface area contributed by atoms with Gasteiger partial charge in [0.2, 0.25) is 0 Å². The number of benzene rings is 8. The number of hydrogen-bond donors (Lipinski definition) is 1. The second-order valence-corrected chi connectivity index (χ2v) is 16.2. The van der Waals surface area contributed by atoms with Crippen molar-refractivity contribution in [2.75, 3.05) is 0 Å². The van der Waals surface area contributed by atoms with Gasteiger partial charge in [-0.05, 0) is 70.8 Å². The van der Waals surface area contributed by atoms with Crippen LogP contribution in [0.15, 0.2) is 198 Å². The minimum Gasteiger partial charge on any atom is -0.324 e. The van der Waals surface area contributed by atoms with Crippen LogP contribution < -0.4 is 5.32 Å². The molecule has 0 saturated heterocycles. The Balaban J connectivity index is 1.14. The number of fused-ring (bicyclic) bond motifs is 9. The first-order chi connectivity index (χ1) is 29.1. The molecule has 0 spiro atoms. The molecule has 8 aromatic carbocycles. The third kappa shape index (κ3) is 4.91. The average molecular weight is 758 g/mol. The van der Waals surface area contributed by atoms with Crippen LogP contribution in [0.1, 0.15) is 47.8 Å². The minimum absolute atomic E-state index is 0.150. The summed E-state index contributed by atoms with van der Waals surface area (Å²) in [5.41, 5.74) is 15.0. The minimum atomic E-state index is -0.529. The Labute approximate surface area is 342 Å². The molecule has 1 N–H and O–H groups in total. The standard InChI is InChI=1S/C54H39N5/c1-54(2)42-28-12-9-22-36(42)48-39(25-15-29-43(48)54)51-55-52(40-26-16-32-46-49(40)37-23-10-13-30-44(37)58(46)34-18-5-3-6-19-34)57-53(56-51)41-27-17-33-47-50(41)38-24-11-14-31-45(38)59(47)35-20-7-4-8-21-35/h3-33,52H,1-2H3,(H,55,56,57). The summed E-state index contributed by atoms with van der Waals surface area (Å²) in [7, 11) is 0. The first kappa shape index (κ1) is 33.6. The van der Waals surface area contributed by atoms with Gasteiger partial charge in [0.15, 0.2) is 6.17 Å². The molecule has 1 aliphatic heterocycles. The molecule has 0 bridgehead atoms. The van der Waals surface area contributed by atoms with E-state index >= 15 is 0 Å². The van der Waals surface area contributed by atoms with E-state index in [1.54, 1.807) is 0 Å². The summed E-state index contributed by atoms with van der Waals surface area (Å²) >= 11 is 0.